The highest BCUT2D eigenvalue weighted by Crippen LogP contribution is 2.24. The Morgan fingerprint density at radius 1 is 1.40 bits per heavy atom. The Labute approximate surface area is 143 Å². The zero-order valence-corrected chi connectivity index (χ0v) is 13.8. The van der Waals surface area contributed by atoms with E-state index in [0.717, 1.165) is 30.6 Å². The first-order valence-electron chi connectivity index (χ1n) is 8.04. The molecule has 0 saturated carbocycles. The summed E-state index contributed by atoms with van der Waals surface area (Å²) in [5.74, 6) is -1.84. The van der Waals surface area contributed by atoms with Crippen LogP contribution in [0.5, 0.6) is 0 Å². The monoisotopic (exact) mass is 346 g/mol. The molecule has 1 saturated heterocycles. The third-order valence-corrected chi connectivity index (χ3v) is 4.30. The molecule has 8 heteroatoms. The van der Waals surface area contributed by atoms with E-state index in [-0.39, 0.29) is 23.2 Å². The van der Waals surface area contributed by atoms with Crippen molar-refractivity contribution in [1.29, 1.82) is 0 Å². The van der Waals surface area contributed by atoms with Gasteiger partial charge in [0.2, 0.25) is 0 Å². The minimum Gasteiger partial charge on any atom is -0.477 e. The number of carboxylic acid groups (broad SMARTS) is 1. The third-order valence-electron chi connectivity index (χ3n) is 4.30. The summed E-state index contributed by atoms with van der Waals surface area (Å²) >= 11 is 0. The lowest BCUT2D eigenvalue weighted by molar-refractivity contribution is 0.0690. The molecule has 2 heterocycles. The molecule has 1 atom stereocenters. The molecule has 7 nitrogen and oxygen atoms in total. The van der Waals surface area contributed by atoms with Crippen LogP contribution < -0.4 is 10.2 Å². The van der Waals surface area contributed by atoms with Crippen molar-refractivity contribution < 1.29 is 19.1 Å². The second-order valence-corrected chi connectivity index (χ2v) is 6.16. The van der Waals surface area contributed by atoms with Gasteiger partial charge in [0.1, 0.15) is 11.5 Å². The molecular formula is C17H19FN4O3. The van der Waals surface area contributed by atoms with E-state index in [1.54, 1.807) is 6.07 Å². The first kappa shape index (κ1) is 16.9. The molecule has 1 amide bonds. The number of aromatic carboxylic acids is 1. The maximum atomic E-state index is 13.3. The summed E-state index contributed by atoms with van der Waals surface area (Å²) in [5, 5.41) is 17.8. The van der Waals surface area contributed by atoms with E-state index in [2.05, 4.69) is 20.4 Å². The molecule has 1 aromatic carbocycles. The number of nitrogens with one attached hydrogen (secondary N) is 2. The van der Waals surface area contributed by atoms with Crippen LogP contribution in [0.25, 0.3) is 0 Å². The van der Waals surface area contributed by atoms with Gasteiger partial charge < -0.3 is 15.3 Å². The number of rotatable bonds is 4. The van der Waals surface area contributed by atoms with Gasteiger partial charge in [0, 0.05) is 30.9 Å². The predicted octanol–water partition coefficient (Wildman–Crippen LogP) is 1.95. The van der Waals surface area contributed by atoms with Gasteiger partial charge in [-0.15, -0.1) is 0 Å². The van der Waals surface area contributed by atoms with Crippen LogP contribution in [0.1, 0.15) is 39.4 Å². The quantitative estimate of drug-likeness (QED) is 0.786. The second kappa shape index (κ2) is 6.92. The number of nitrogens with zero attached hydrogens (tertiary/aromatic N) is 2. The molecule has 0 aliphatic carbocycles. The number of H-pyrrole nitrogens is 1. The Kier molecular flexibility index (Phi) is 4.69. The largest absolute Gasteiger partial charge is 0.477 e. The summed E-state index contributed by atoms with van der Waals surface area (Å²) in [7, 11) is 0. The van der Waals surface area contributed by atoms with E-state index in [9.17, 15) is 14.0 Å². The topological polar surface area (TPSA) is 98.3 Å². The van der Waals surface area contributed by atoms with Crippen molar-refractivity contribution in [2.75, 3.05) is 18.0 Å². The van der Waals surface area contributed by atoms with Crippen molar-refractivity contribution in [3.8, 4) is 0 Å². The van der Waals surface area contributed by atoms with Crippen molar-refractivity contribution >= 4 is 17.6 Å². The van der Waals surface area contributed by atoms with E-state index in [1.807, 2.05) is 6.92 Å². The summed E-state index contributed by atoms with van der Waals surface area (Å²) in [4.78, 5) is 25.2. The van der Waals surface area contributed by atoms with Crippen LogP contribution in [-0.2, 0) is 0 Å². The Bertz CT molecular complexity index is 805. The molecule has 132 valence electrons. The second-order valence-electron chi connectivity index (χ2n) is 6.16. The van der Waals surface area contributed by atoms with Crippen LogP contribution in [-0.4, -0.2) is 46.3 Å². The fourth-order valence-corrected chi connectivity index (χ4v) is 3.09. The first-order chi connectivity index (χ1) is 11.9. The van der Waals surface area contributed by atoms with Crippen LogP contribution in [0, 0.1) is 12.7 Å². The Balaban J connectivity index is 1.66. The van der Waals surface area contributed by atoms with Crippen LogP contribution in [0.2, 0.25) is 0 Å². The Morgan fingerprint density at radius 2 is 2.20 bits per heavy atom. The summed E-state index contributed by atoms with van der Waals surface area (Å²) in [6.45, 7) is 3.30. The fourth-order valence-electron chi connectivity index (χ4n) is 3.09. The van der Waals surface area contributed by atoms with Crippen LogP contribution in [0.4, 0.5) is 10.1 Å². The van der Waals surface area contributed by atoms with E-state index >= 15 is 0 Å². The minimum atomic E-state index is -1.16. The molecule has 0 radical (unpaired) electrons. The number of halogens is 1. The highest BCUT2D eigenvalue weighted by Gasteiger charge is 2.24. The number of aromatic amines is 1. The number of piperidine rings is 1. The average Bonchev–Trinajstić information content (AvgIpc) is 3.05. The highest BCUT2D eigenvalue weighted by atomic mass is 19.1. The van der Waals surface area contributed by atoms with Gasteiger partial charge in [-0.25, -0.2) is 9.18 Å². The third kappa shape index (κ3) is 3.78. The summed E-state index contributed by atoms with van der Waals surface area (Å²) in [6, 6.07) is 5.80. The number of carboxylic acids is 1. The highest BCUT2D eigenvalue weighted by molar-refractivity contribution is 5.95. The van der Waals surface area contributed by atoms with Gasteiger partial charge in [0.25, 0.3) is 5.91 Å². The lowest BCUT2D eigenvalue weighted by Gasteiger charge is -2.35. The molecule has 3 N–H and O–H groups in total. The number of hydrogen-bond donors (Lipinski definition) is 3. The zero-order valence-electron chi connectivity index (χ0n) is 13.8. The number of anilines is 1. The number of carbonyl (C=O) groups is 2. The molecular weight excluding hydrogens is 327 g/mol. The maximum Gasteiger partial charge on any atom is 0.353 e. The van der Waals surface area contributed by atoms with E-state index in [1.165, 1.54) is 18.2 Å². The van der Waals surface area contributed by atoms with Gasteiger partial charge in [-0.1, -0.05) is 0 Å². The molecule has 1 unspecified atom stereocenters. The molecule has 1 aromatic heterocycles. The van der Waals surface area contributed by atoms with Gasteiger partial charge in [-0.05, 0) is 43.5 Å². The van der Waals surface area contributed by atoms with Crippen molar-refractivity contribution in [1.82, 2.24) is 15.5 Å². The van der Waals surface area contributed by atoms with Crippen LogP contribution in [0.3, 0.4) is 0 Å². The minimum absolute atomic E-state index is 0.0486. The number of aryl methyl sites for hydroxylation is 1. The van der Waals surface area contributed by atoms with Gasteiger partial charge >= 0.3 is 5.97 Å². The van der Waals surface area contributed by atoms with Crippen molar-refractivity contribution in [2.24, 2.45) is 0 Å². The average molecular weight is 346 g/mol. The fraction of sp³-hybridized carbons (Fsp3) is 0.353. The summed E-state index contributed by atoms with van der Waals surface area (Å²) in [5.41, 5.74) is 1.73. The molecule has 3 rings (SSSR count). The van der Waals surface area contributed by atoms with Crippen LogP contribution in [0.15, 0.2) is 24.3 Å². The smallest absolute Gasteiger partial charge is 0.353 e. The van der Waals surface area contributed by atoms with Crippen molar-refractivity contribution in [3.05, 3.63) is 47.0 Å². The summed E-state index contributed by atoms with van der Waals surface area (Å²) < 4.78 is 13.3. The molecule has 2 aromatic rings. The number of aromatic nitrogens is 2. The predicted molar refractivity (Wildman–Crippen MR) is 89.4 cm³/mol. The number of carbonyl (C=O) groups excluding carboxylic acids is 1. The number of amides is 1. The lowest BCUT2D eigenvalue weighted by Crippen LogP contribution is -2.48. The zero-order chi connectivity index (χ0) is 18.0. The standard InChI is InChI=1S/C17H19FN4O3/c1-10-7-11(18)4-5-15(10)22-6-2-3-12(9-22)19-16(23)13-8-14(17(24)25)21-20-13/h4-5,7-8,12H,2-3,6,9H2,1H3,(H,19,23)(H,20,21)(H,24,25). The van der Waals surface area contributed by atoms with Gasteiger partial charge in [-0.3, -0.25) is 9.89 Å². The normalized spacial score (nSPS) is 17.4. The van der Waals surface area contributed by atoms with E-state index in [4.69, 9.17) is 5.11 Å². The molecule has 1 fully saturated rings. The Hall–Kier alpha value is -2.90. The molecule has 25 heavy (non-hydrogen) atoms. The lowest BCUT2D eigenvalue weighted by atomic mass is 10.0. The van der Waals surface area contributed by atoms with Crippen molar-refractivity contribution in [2.45, 2.75) is 25.8 Å². The van der Waals surface area contributed by atoms with E-state index < -0.39 is 11.9 Å². The molecule has 1 aliphatic rings. The maximum absolute atomic E-state index is 13.3. The molecule has 0 bridgehead atoms. The first-order valence-corrected chi connectivity index (χ1v) is 8.04. The van der Waals surface area contributed by atoms with Gasteiger partial charge in [0.05, 0.1) is 0 Å². The Morgan fingerprint density at radius 3 is 2.88 bits per heavy atom. The van der Waals surface area contributed by atoms with E-state index in [0.29, 0.717) is 6.54 Å². The summed E-state index contributed by atoms with van der Waals surface area (Å²) in [6.07, 6.45) is 1.71. The van der Waals surface area contributed by atoms with Gasteiger partial charge in [0.15, 0.2) is 5.69 Å². The molecule has 0 spiro atoms. The van der Waals surface area contributed by atoms with Crippen molar-refractivity contribution in [3.63, 3.8) is 0 Å². The number of hydrogen-bond acceptors (Lipinski definition) is 4. The number of benzene rings is 1. The van der Waals surface area contributed by atoms with Gasteiger partial charge in [-0.2, -0.15) is 5.10 Å². The SMILES string of the molecule is Cc1cc(F)ccc1N1CCCC(NC(=O)c2cc(C(=O)O)[nH]n2)C1. The molecule has 1 aliphatic heterocycles. The van der Waals surface area contributed by atoms with Crippen LogP contribution >= 0.6 is 0 Å².